The molecule has 1 heterocycles. The quantitative estimate of drug-likeness (QED) is 0.824. The molecule has 2 aromatic rings. The van der Waals surface area contributed by atoms with Crippen LogP contribution in [0.15, 0.2) is 47.8 Å². The summed E-state index contributed by atoms with van der Waals surface area (Å²) >= 11 is 1.69. The monoisotopic (exact) mass is 257 g/mol. The lowest BCUT2D eigenvalue weighted by Crippen LogP contribution is -2.36. The minimum Gasteiger partial charge on any atom is -0.315 e. The predicted molar refractivity (Wildman–Crippen MR) is 75.1 cm³/mol. The van der Waals surface area contributed by atoms with Crippen LogP contribution in [0.5, 0.6) is 0 Å². The minimum atomic E-state index is -0.237. The van der Waals surface area contributed by atoms with Crippen LogP contribution in [0.25, 0.3) is 0 Å². The summed E-state index contributed by atoms with van der Waals surface area (Å²) in [7, 11) is 1.87. The molecule has 0 saturated heterocycles. The molecule has 3 rings (SSSR count). The number of para-hydroxylation sites is 1. The average Bonchev–Trinajstić information content (AvgIpc) is 3.05. The van der Waals surface area contributed by atoms with Gasteiger partial charge in [-0.15, -0.1) is 11.3 Å². The topological polar surface area (TPSA) is 20.3 Å². The highest BCUT2D eigenvalue weighted by Crippen LogP contribution is 2.51. The van der Waals surface area contributed by atoms with E-state index in [9.17, 15) is 4.79 Å². The van der Waals surface area contributed by atoms with Gasteiger partial charge in [0.15, 0.2) is 0 Å². The van der Waals surface area contributed by atoms with Gasteiger partial charge >= 0.3 is 0 Å². The van der Waals surface area contributed by atoms with Gasteiger partial charge in [-0.3, -0.25) is 4.79 Å². The van der Waals surface area contributed by atoms with E-state index in [0.717, 1.165) is 18.5 Å². The zero-order valence-electron chi connectivity index (χ0n) is 10.3. The van der Waals surface area contributed by atoms with Crippen molar-refractivity contribution in [2.75, 3.05) is 11.9 Å². The lowest BCUT2D eigenvalue weighted by atomic mass is 10.0. The van der Waals surface area contributed by atoms with Crippen molar-refractivity contribution >= 4 is 22.9 Å². The summed E-state index contributed by atoms with van der Waals surface area (Å²) in [5, 5.41) is 2.05. The third-order valence-electron chi connectivity index (χ3n) is 3.60. The number of carbonyl (C=O) groups is 1. The molecule has 3 heteroatoms. The van der Waals surface area contributed by atoms with E-state index in [0.29, 0.717) is 0 Å². The first kappa shape index (κ1) is 11.5. The number of benzene rings is 1. The molecule has 0 N–H and O–H groups in total. The maximum Gasteiger partial charge on any atom is 0.238 e. The van der Waals surface area contributed by atoms with E-state index in [2.05, 4.69) is 6.07 Å². The molecule has 1 aliphatic rings. The number of hydrogen-bond acceptors (Lipinski definition) is 2. The van der Waals surface area contributed by atoms with E-state index in [1.54, 1.807) is 16.2 Å². The van der Waals surface area contributed by atoms with Crippen molar-refractivity contribution in [2.45, 2.75) is 18.3 Å². The number of hydrogen-bond donors (Lipinski definition) is 0. The molecule has 1 aliphatic carbocycles. The van der Waals surface area contributed by atoms with Crippen molar-refractivity contribution in [2.24, 2.45) is 0 Å². The van der Waals surface area contributed by atoms with Gasteiger partial charge in [-0.25, -0.2) is 0 Å². The van der Waals surface area contributed by atoms with Crippen LogP contribution < -0.4 is 4.90 Å². The molecule has 92 valence electrons. The fraction of sp³-hybridized carbons (Fsp3) is 0.267. The van der Waals surface area contributed by atoms with Crippen molar-refractivity contribution in [3.05, 3.63) is 52.7 Å². The van der Waals surface area contributed by atoms with Crippen LogP contribution in [-0.4, -0.2) is 13.0 Å². The van der Waals surface area contributed by atoms with Gasteiger partial charge in [-0.05, 0) is 36.4 Å². The normalized spacial score (nSPS) is 16.3. The summed E-state index contributed by atoms with van der Waals surface area (Å²) in [6, 6.07) is 13.9. The molecule has 1 aromatic heterocycles. The van der Waals surface area contributed by atoms with Gasteiger partial charge in [0.1, 0.15) is 0 Å². The highest BCUT2D eigenvalue weighted by Gasteiger charge is 2.53. The summed E-state index contributed by atoms with van der Waals surface area (Å²) in [6.07, 6.45) is 1.95. The second kappa shape index (κ2) is 4.25. The van der Waals surface area contributed by atoms with E-state index in [1.807, 2.05) is 48.8 Å². The molecule has 0 spiro atoms. The number of rotatable bonds is 3. The second-order valence-corrected chi connectivity index (χ2v) is 5.71. The van der Waals surface area contributed by atoms with Gasteiger partial charge in [0.05, 0.1) is 5.41 Å². The van der Waals surface area contributed by atoms with Crippen LogP contribution in [0.1, 0.15) is 17.7 Å². The Hall–Kier alpha value is -1.61. The summed E-state index contributed by atoms with van der Waals surface area (Å²) in [6.45, 7) is 0. The Labute approximate surface area is 111 Å². The number of thiophene rings is 1. The van der Waals surface area contributed by atoms with Gasteiger partial charge in [0.25, 0.3) is 0 Å². The van der Waals surface area contributed by atoms with Crippen molar-refractivity contribution in [1.29, 1.82) is 0 Å². The smallest absolute Gasteiger partial charge is 0.238 e. The van der Waals surface area contributed by atoms with Gasteiger partial charge < -0.3 is 4.90 Å². The molecule has 1 aromatic carbocycles. The zero-order valence-corrected chi connectivity index (χ0v) is 11.1. The predicted octanol–water partition coefficient (Wildman–Crippen LogP) is 3.44. The van der Waals surface area contributed by atoms with Crippen LogP contribution in [0.4, 0.5) is 5.69 Å². The highest BCUT2D eigenvalue weighted by atomic mass is 32.1. The number of amides is 1. The molecule has 18 heavy (non-hydrogen) atoms. The molecule has 2 nitrogen and oxygen atoms in total. The Morgan fingerprint density at radius 1 is 1.17 bits per heavy atom. The fourth-order valence-electron chi connectivity index (χ4n) is 2.33. The molecule has 1 fully saturated rings. The lowest BCUT2D eigenvalue weighted by Gasteiger charge is -2.23. The maximum absolute atomic E-state index is 12.7. The zero-order chi connectivity index (χ0) is 12.6. The fourth-order valence-corrected chi connectivity index (χ4v) is 3.31. The first-order chi connectivity index (χ1) is 8.74. The van der Waals surface area contributed by atoms with Gasteiger partial charge in [0.2, 0.25) is 5.91 Å². The molecule has 0 atom stereocenters. The summed E-state index contributed by atoms with van der Waals surface area (Å²) in [5.41, 5.74) is 0.726. The molecular formula is C15H15NOS. The number of anilines is 1. The summed E-state index contributed by atoms with van der Waals surface area (Å²) in [5.74, 6) is 0.219. The molecule has 0 unspecified atom stereocenters. The van der Waals surface area contributed by atoms with Gasteiger partial charge in [-0.1, -0.05) is 24.3 Å². The molecular weight excluding hydrogens is 242 g/mol. The number of likely N-dealkylation sites (N-methyl/N-ethyl adjacent to an activating group) is 1. The molecule has 1 amide bonds. The minimum absolute atomic E-state index is 0.219. The van der Waals surface area contributed by atoms with Crippen molar-refractivity contribution in [3.8, 4) is 0 Å². The van der Waals surface area contributed by atoms with Gasteiger partial charge in [-0.2, -0.15) is 0 Å². The summed E-state index contributed by atoms with van der Waals surface area (Å²) in [4.78, 5) is 15.6. The van der Waals surface area contributed by atoms with E-state index >= 15 is 0 Å². The Balaban J connectivity index is 1.88. The van der Waals surface area contributed by atoms with Crippen LogP contribution >= 0.6 is 11.3 Å². The molecule has 0 radical (unpaired) electrons. The highest BCUT2D eigenvalue weighted by molar-refractivity contribution is 7.10. The van der Waals surface area contributed by atoms with Crippen molar-refractivity contribution < 1.29 is 4.79 Å². The van der Waals surface area contributed by atoms with E-state index < -0.39 is 0 Å². The van der Waals surface area contributed by atoms with E-state index in [1.165, 1.54) is 4.88 Å². The van der Waals surface area contributed by atoms with E-state index in [4.69, 9.17) is 0 Å². The van der Waals surface area contributed by atoms with Crippen LogP contribution in [0, 0.1) is 0 Å². The van der Waals surface area contributed by atoms with Gasteiger partial charge in [0, 0.05) is 17.6 Å². The van der Waals surface area contributed by atoms with Crippen molar-refractivity contribution in [1.82, 2.24) is 0 Å². The Bertz CT molecular complexity index is 543. The SMILES string of the molecule is CN(C(=O)C1(c2cccs2)CC1)c1ccccc1. The van der Waals surface area contributed by atoms with Crippen LogP contribution in [-0.2, 0) is 10.2 Å². The molecule has 0 bridgehead atoms. The Kier molecular flexibility index (Phi) is 2.71. The largest absolute Gasteiger partial charge is 0.315 e. The molecule has 1 saturated carbocycles. The first-order valence-electron chi connectivity index (χ1n) is 6.11. The number of carbonyl (C=O) groups excluding carboxylic acids is 1. The first-order valence-corrected chi connectivity index (χ1v) is 6.99. The Morgan fingerprint density at radius 3 is 2.44 bits per heavy atom. The maximum atomic E-state index is 12.7. The molecule has 0 aliphatic heterocycles. The lowest BCUT2D eigenvalue weighted by molar-refractivity contribution is -0.120. The van der Waals surface area contributed by atoms with E-state index in [-0.39, 0.29) is 11.3 Å². The standard InChI is InChI=1S/C15H15NOS/c1-16(12-6-3-2-4-7-12)14(17)15(9-10-15)13-8-5-11-18-13/h2-8,11H,9-10H2,1H3. The van der Waals surface area contributed by atoms with Crippen LogP contribution in [0.2, 0.25) is 0 Å². The second-order valence-electron chi connectivity index (χ2n) is 4.76. The van der Waals surface area contributed by atoms with Crippen molar-refractivity contribution in [3.63, 3.8) is 0 Å². The van der Waals surface area contributed by atoms with Crippen LogP contribution in [0.3, 0.4) is 0 Å². The number of nitrogens with zero attached hydrogens (tertiary/aromatic N) is 1. The average molecular weight is 257 g/mol. The Morgan fingerprint density at radius 2 is 1.89 bits per heavy atom. The third kappa shape index (κ3) is 1.75. The summed E-state index contributed by atoms with van der Waals surface area (Å²) < 4.78 is 0. The third-order valence-corrected chi connectivity index (χ3v) is 4.67.